The van der Waals surface area contributed by atoms with Crippen LogP contribution in [0.5, 0.6) is 0 Å². The fraction of sp³-hybridized carbons (Fsp3) is 0.818. The van der Waals surface area contributed by atoms with E-state index in [9.17, 15) is 0 Å². The zero-order valence-corrected chi connectivity index (χ0v) is 9.39. The van der Waals surface area contributed by atoms with Crippen LogP contribution in [0.25, 0.3) is 0 Å². The van der Waals surface area contributed by atoms with Crippen molar-refractivity contribution in [2.24, 2.45) is 0 Å². The molecule has 80 valence electrons. The summed E-state index contributed by atoms with van der Waals surface area (Å²) in [4.78, 5) is 2.63. The van der Waals surface area contributed by atoms with Gasteiger partial charge in [0.25, 0.3) is 0 Å². The van der Waals surface area contributed by atoms with Gasteiger partial charge >= 0.3 is 0 Å². The summed E-state index contributed by atoms with van der Waals surface area (Å²) in [7, 11) is 0. The van der Waals surface area contributed by atoms with Gasteiger partial charge in [0.1, 0.15) is 0 Å². The van der Waals surface area contributed by atoms with Gasteiger partial charge in [-0.3, -0.25) is 0 Å². The number of halogens is 1. The third-order valence-electron chi connectivity index (χ3n) is 3.40. The van der Waals surface area contributed by atoms with Crippen molar-refractivity contribution in [3.05, 3.63) is 11.6 Å². The summed E-state index contributed by atoms with van der Waals surface area (Å²) >= 11 is 5.74. The second-order valence-corrected chi connectivity index (χ2v) is 4.99. The molecular formula is C11H19ClN2. The second-order valence-electron chi connectivity index (χ2n) is 4.45. The van der Waals surface area contributed by atoms with Gasteiger partial charge < -0.3 is 10.2 Å². The minimum atomic E-state index is 0.657. The number of nitrogens with one attached hydrogen (secondary N) is 1. The summed E-state index contributed by atoms with van der Waals surface area (Å²) in [5.41, 5.74) is 0. The molecule has 14 heavy (non-hydrogen) atoms. The van der Waals surface area contributed by atoms with E-state index in [1.165, 1.54) is 38.8 Å². The van der Waals surface area contributed by atoms with E-state index in [4.69, 9.17) is 11.6 Å². The van der Waals surface area contributed by atoms with Gasteiger partial charge in [0, 0.05) is 23.7 Å². The van der Waals surface area contributed by atoms with Crippen molar-refractivity contribution < 1.29 is 0 Å². The van der Waals surface area contributed by atoms with Crippen LogP contribution in [0.3, 0.4) is 0 Å². The molecule has 2 unspecified atom stereocenters. The van der Waals surface area contributed by atoms with Crippen LogP contribution in [-0.4, -0.2) is 36.6 Å². The summed E-state index contributed by atoms with van der Waals surface area (Å²) in [6.07, 6.45) is 5.34. The highest BCUT2D eigenvalue weighted by Crippen LogP contribution is 2.26. The van der Waals surface area contributed by atoms with Gasteiger partial charge in [-0.1, -0.05) is 18.2 Å². The number of nitrogens with zero attached hydrogens (tertiary/aromatic N) is 1. The van der Waals surface area contributed by atoms with Gasteiger partial charge in [0.05, 0.1) is 0 Å². The van der Waals surface area contributed by atoms with E-state index in [1.807, 2.05) is 0 Å². The monoisotopic (exact) mass is 214 g/mol. The lowest BCUT2D eigenvalue weighted by atomic mass is 9.98. The molecule has 2 atom stereocenters. The van der Waals surface area contributed by atoms with Gasteiger partial charge in [0.2, 0.25) is 0 Å². The molecule has 0 aliphatic carbocycles. The molecule has 2 fully saturated rings. The Kier molecular flexibility index (Phi) is 3.47. The number of rotatable bonds is 3. The van der Waals surface area contributed by atoms with Crippen molar-refractivity contribution >= 4 is 11.6 Å². The molecule has 0 radical (unpaired) electrons. The van der Waals surface area contributed by atoms with Crippen LogP contribution >= 0.6 is 11.6 Å². The first kappa shape index (κ1) is 10.5. The quantitative estimate of drug-likeness (QED) is 0.773. The Morgan fingerprint density at radius 2 is 2.29 bits per heavy atom. The average Bonchev–Trinajstić information content (AvgIpc) is 2.61. The highest BCUT2D eigenvalue weighted by atomic mass is 35.5. The molecule has 2 saturated heterocycles. The first-order valence-corrected chi connectivity index (χ1v) is 5.94. The predicted molar refractivity (Wildman–Crippen MR) is 60.6 cm³/mol. The van der Waals surface area contributed by atoms with Gasteiger partial charge in [-0.2, -0.15) is 0 Å². The van der Waals surface area contributed by atoms with Crippen LogP contribution < -0.4 is 5.32 Å². The molecular weight excluding hydrogens is 196 g/mol. The Hall–Kier alpha value is -0.0500. The molecule has 0 aromatic rings. The van der Waals surface area contributed by atoms with Crippen molar-refractivity contribution in [2.45, 2.75) is 37.8 Å². The fourth-order valence-electron chi connectivity index (χ4n) is 2.66. The minimum Gasteiger partial charge on any atom is -0.309 e. The highest BCUT2D eigenvalue weighted by molar-refractivity contribution is 6.29. The molecule has 2 rings (SSSR count). The van der Waals surface area contributed by atoms with E-state index in [0.717, 1.165) is 17.6 Å². The maximum Gasteiger partial charge on any atom is 0.0310 e. The topological polar surface area (TPSA) is 15.3 Å². The maximum atomic E-state index is 5.74. The molecule has 2 heterocycles. The highest BCUT2D eigenvalue weighted by Gasteiger charge is 2.31. The number of fused-ring (bicyclic) bond motifs is 1. The van der Waals surface area contributed by atoms with Crippen LogP contribution in [0, 0.1) is 0 Å². The van der Waals surface area contributed by atoms with E-state index in [-0.39, 0.29) is 0 Å². The summed E-state index contributed by atoms with van der Waals surface area (Å²) in [5.74, 6) is 0. The summed E-state index contributed by atoms with van der Waals surface area (Å²) in [6, 6.07) is 1.50. The van der Waals surface area contributed by atoms with Crippen LogP contribution in [-0.2, 0) is 0 Å². The zero-order chi connectivity index (χ0) is 9.97. The zero-order valence-electron chi connectivity index (χ0n) is 8.64. The molecule has 0 bridgehead atoms. The first-order chi connectivity index (χ1) is 6.75. The first-order valence-electron chi connectivity index (χ1n) is 5.56. The Labute approximate surface area is 91.3 Å². The van der Waals surface area contributed by atoms with Crippen LogP contribution in [0.4, 0.5) is 0 Å². The Morgan fingerprint density at radius 1 is 1.43 bits per heavy atom. The summed E-state index contributed by atoms with van der Waals surface area (Å²) in [6.45, 7) is 7.04. The molecule has 3 heteroatoms. The van der Waals surface area contributed by atoms with Gasteiger partial charge in [0.15, 0.2) is 0 Å². The smallest absolute Gasteiger partial charge is 0.0310 e. The molecule has 2 aliphatic heterocycles. The van der Waals surface area contributed by atoms with Crippen molar-refractivity contribution in [1.82, 2.24) is 10.2 Å². The third kappa shape index (κ3) is 2.50. The minimum absolute atomic E-state index is 0.657. The second kappa shape index (κ2) is 4.65. The van der Waals surface area contributed by atoms with Crippen LogP contribution in [0.2, 0.25) is 0 Å². The molecule has 0 aromatic carbocycles. The van der Waals surface area contributed by atoms with Crippen molar-refractivity contribution in [2.75, 3.05) is 19.6 Å². The molecule has 2 nitrogen and oxygen atoms in total. The molecule has 0 saturated carbocycles. The molecule has 0 amide bonds. The normalized spacial score (nSPS) is 32.9. The van der Waals surface area contributed by atoms with E-state index in [2.05, 4.69) is 16.8 Å². The number of hydrogen-bond acceptors (Lipinski definition) is 2. The molecule has 0 aromatic heterocycles. The van der Waals surface area contributed by atoms with E-state index in [1.54, 1.807) is 0 Å². The van der Waals surface area contributed by atoms with Crippen molar-refractivity contribution in [3.63, 3.8) is 0 Å². The SMILES string of the molecule is C=C(Cl)CNC1CCN2CCCC2C1. The third-order valence-corrected chi connectivity index (χ3v) is 3.54. The molecule has 0 spiro atoms. The van der Waals surface area contributed by atoms with Gasteiger partial charge in [-0.15, -0.1) is 0 Å². The Balaban J connectivity index is 1.77. The van der Waals surface area contributed by atoms with Gasteiger partial charge in [-0.25, -0.2) is 0 Å². The van der Waals surface area contributed by atoms with Crippen LogP contribution in [0.15, 0.2) is 11.6 Å². The molecule has 2 aliphatic rings. The van der Waals surface area contributed by atoms with Crippen molar-refractivity contribution in [1.29, 1.82) is 0 Å². The van der Waals surface area contributed by atoms with E-state index in [0.29, 0.717) is 6.04 Å². The van der Waals surface area contributed by atoms with Crippen molar-refractivity contribution in [3.8, 4) is 0 Å². The lowest BCUT2D eigenvalue weighted by molar-refractivity contribution is 0.169. The lowest BCUT2D eigenvalue weighted by Gasteiger charge is -2.35. The Bertz CT molecular complexity index is 217. The van der Waals surface area contributed by atoms with Crippen LogP contribution in [0.1, 0.15) is 25.7 Å². The Morgan fingerprint density at radius 3 is 3.07 bits per heavy atom. The summed E-state index contributed by atoms with van der Waals surface area (Å²) in [5, 5.41) is 4.20. The summed E-state index contributed by atoms with van der Waals surface area (Å²) < 4.78 is 0. The van der Waals surface area contributed by atoms with Gasteiger partial charge in [-0.05, 0) is 38.8 Å². The fourth-order valence-corrected chi connectivity index (χ4v) is 2.74. The predicted octanol–water partition coefficient (Wildman–Crippen LogP) is 1.96. The average molecular weight is 215 g/mol. The van der Waals surface area contributed by atoms with E-state index >= 15 is 0 Å². The number of piperidine rings is 1. The van der Waals surface area contributed by atoms with E-state index < -0.39 is 0 Å². The maximum absolute atomic E-state index is 5.74. The lowest BCUT2D eigenvalue weighted by Crippen LogP contribution is -2.45. The largest absolute Gasteiger partial charge is 0.309 e. The molecule has 1 N–H and O–H groups in total. The number of hydrogen-bond donors (Lipinski definition) is 1. The standard InChI is InChI=1S/C11H19ClN2/c1-9(12)8-13-10-4-6-14-5-2-3-11(14)7-10/h10-11,13H,1-8H2.